The molecule has 100 valence electrons. The Balaban J connectivity index is 2.18. The van der Waals surface area contributed by atoms with Crippen molar-refractivity contribution in [3.63, 3.8) is 0 Å². The van der Waals surface area contributed by atoms with E-state index in [-0.39, 0.29) is 17.8 Å². The minimum atomic E-state index is -0.440. The van der Waals surface area contributed by atoms with Crippen molar-refractivity contribution in [2.45, 2.75) is 13.5 Å². The number of benzene rings is 1. The van der Waals surface area contributed by atoms with Crippen molar-refractivity contribution in [2.75, 3.05) is 0 Å². The van der Waals surface area contributed by atoms with Gasteiger partial charge in [0.2, 0.25) is 5.82 Å². The van der Waals surface area contributed by atoms with Crippen LogP contribution in [-0.4, -0.2) is 26.0 Å². The standard InChI is InChI=1S/C13H12N6O/c1-9(15)11(7-14)12(20)8-19-17-13(16-18-19)10-5-3-2-4-6-10/h2-6H,8,15H2,1H3. The topological polar surface area (TPSA) is 110 Å². The lowest BCUT2D eigenvalue weighted by atomic mass is 10.1. The number of tetrazole rings is 1. The van der Waals surface area contributed by atoms with Crippen molar-refractivity contribution >= 4 is 5.78 Å². The van der Waals surface area contributed by atoms with E-state index in [0.717, 1.165) is 10.4 Å². The van der Waals surface area contributed by atoms with Gasteiger partial charge in [0, 0.05) is 11.3 Å². The fourth-order valence-electron chi connectivity index (χ4n) is 1.59. The number of aromatic nitrogens is 4. The van der Waals surface area contributed by atoms with Gasteiger partial charge in [0.05, 0.1) is 0 Å². The molecule has 0 spiro atoms. The van der Waals surface area contributed by atoms with Gasteiger partial charge in [-0.05, 0) is 12.1 Å². The third kappa shape index (κ3) is 2.87. The van der Waals surface area contributed by atoms with Crippen molar-refractivity contribution in [1.29, 1.82) is 5.26 Å². The molecule has 0 aliphatic carbocycles. The number of nitriles is 1. The lowest BCUT2D eigenvalue weighted by molar-refractivity contribution is -0.116. The SMILES string of the molecule is CC(N)=C(C#N)C(=O)Cn1nnc(-c2ccccc2)n1. The van der Waals surface area contributed by atoms with Gasteiger partial charge in [0.1, 0.15) is 18.2 Å². The van der Waals surface area contributed by atoms with E-state index in [1.807, 2.05) is 30.3 Å². The zero-order valence-corrected chi connectivity index (χ0v) is 10.8. The molecule has 0 bridgehead atoms. The fraction of sp³-hybridized carbons (Fsp3) is 0.154. The maximum absolute atomic E-state index is 11.8. The first-order valence-corrected chi connectivity index (χ1v) is 5.84. The van der Waals surface area contributed by atoms with Crippen LogP contribution in [0.5, 0.6) is 0 Å². The van der Waals surface area contributed by atoms with Crippen molar-refractivity contribution in [3.8, 4) is 17.5 Å². The predicted molar refractivity (Wildman–Crippen MR) is 70.8 cm³/mol. The van der Waals surface area contributed by atoms with E-state index in [0.29, 0.717) is 5.82 Å². The van der Waals surface area contributed by atoms with Crippen LogP contribution in [0.3, 0.4) is 0 Å². The number of allylic oxidation sites excluding steroid dienone is 2. The first kappa shape index (κ1) is 13.4. The quantitative estimate of drug-likeness (QED) is 0.644. The largest absolute Gasteiger partial charge is 0.401 e. The first-order chi connectivity index (χ1) is 9.61. The molecular formula is C13H12N6O. The van der Waals surface area contributed by atoms with Crippen LogP contribution in [0.25, 0.3) is 11.4 Å². The number of hydrogen-bond donors (Lipinski definition) is 1. The summed E-state index contributed by atoms with van der Waals surface area (Å²) in [6.07, 6.45) is 0. The molecule has 0 saturated carbocycles. The van der Waals surface area contributed by atoms with Crippen LogP contribution in [0.4, 0.5) is 0 Å². The summed E-state index contributed by atoms with van der Waals surface area (Å²) >= 11 is 0. The molecule has 0 amide bonds. The highest BCUT2D eigenvalue weighted by atomic mass is 16.1. The van der Waals surface area contributed by atoms with Crippen molar-refractivity contribution in [2.24, 2.45) is 5.73 Å². The molecule has 0 atom stereocenters. The van der Waals surface area contributed by atoms with Gasteiger partial charge in [0.25, 0.3) is 0 Å². The molecule has 0 saturated heterocycles. The number of hydrogen-bond acceptors (Lipinski definition) is 6. The summed E-state index contributed by atoms with van der Waals surface area (Å²) in [4.78, 5) is 13.0. The minimum Gasteiger partial charge on any atom is -0.401 e. The van der Waals surface area contributed by atoms with E-state index >= 15 is 0 Å². The average molecular weight is 268 g/mol. The lowest BCUT2D eigenvalue weighted by Gasteiger charge is -1.99. The molecule has 20 heavy (non-hydrogen) atoms. The number of nitrogens with two attached hydrogens (primary N) is 1. The number of rotatable bonds is 4. The first-order valence-electron chi connectivity index (χ1n) is 5.84. The number of ketones is 1. The highest BCUT2D eigenvalue weighted by Gasteiger charge is 2.14. The monoisotopic (exact) mass is 268 g/mol. The van der Waals surface area contributed by atoms with Crippen LogP contribution in [0.2, 0.25) is 0 Å². The van der Waals surface area contributed by atoms with Crippen molar-refractivity contribution < 1.29 is 4.79 Å². The summed E-state index contributed by atoms with van der Waals surface area (Å²) in [5, 5.41) is 20.6. The second-order valence-electron chi connectivity index (χ2n) is 4.10. The van der Waals surface area contributed by atoms with Gasteiger partial charge in [0.15, 0.2) is 5.78 Å². The molecule has 2 rings (SSSR count). The Kier molecular flexibility index (Phi) is 3.86. The Morgan fingerprint density at radius 3 is 2.70 bits per heavy atom. The van der Waals surface area contributed by atoms with E-state index in [1.54, 1.807) is 6.07 Å². The summed E-state index contributed by atoms with van der Waals surface area (Å²) < 4.78 is 0. The second kappa shape index (κ2) is 5.75. The summed E-state index contributed by atoms with van der Waals surface area (Å²) in [5.41, 5.74) is 6.37. The molecule has 0 radical (unpaired) electrons. The van der Waals surface area contributed by atoms with E-state index in [4.69, 9.17) is 11.0 Å². The molecule has 0 aliphatic rings. The highest BCUT2D eigenvalue weighted by molar-refractivity contribution is 5.99. The zero-order chi connectivity index (χ0) is 14.5. The van der Waals surface area contributed by atoms with Crippen molar-refractivity contribution in [3.05, 3.63) is 41.6 Å². The summed E-state index contributed by atoms with van der Waals surface area (Å²) in [5.74, 6) is -0.0186. The van der Waals surface area contributed by atoms with Gasteiger partial charge in [-0.15, -0.1) is 10.2 Å². The van der Waals surface area contributed by atoms with Crippen LogP contribution < -0.4 is 5.73 Å². The van der Waals surface area contributed by atoms with Gasteiger partial charge < -0.3 is 5.73 Å². The third-order valence-electron chi connectivity index (χ3n) is 2.55. The molecule has 0 aliphatic heterocycles. The number of carbonyl (C=O) groups is 1. The smallest absolute Gasteiger partial charge is 0.204 e. The van der Waals surface area contributed by atoms with Gasteiger partial charge in [-0.1, -0.05) is 30.3 Å². The Morgan fingerprint density at radius 1 is 1.40 bits per heavy atom. The third-order valence-corrected chi connectivity index (χ3v) is 2.55. The molecule has 1 aromatic carbocycles. The van der Waals surface area contributed by atoms with E-state index < -0.39 is 5.78 Å². The number of Topliss-reactive ketones (excluding diaryl/α,β-unsaturated/α-hetero) is 1. The Hall–Kier alpha value is -3.01. The van der Waals surface area contributed by atoms with Gasteiger partial charge in [-0.25, -0.2) is 0 Å². The predicted octanol–water partition coefficient (Wildman–Crippen LogP) is 0.665. The molecule has 0 unspecified atom stereocenters. The molecule has 7 nitrogen and oxygen atoms in total. The molecule has 2 N–H and O–H groups in total. The normalized spacial score (nSPS) is 11.6. The van der Waals surface area contributed by atoms with Crippen LogP contribution in [0.15, 0.2) is 41.6 Å². The molecule has 1 heterocycles. The summed E-state index contributed by atoms with van der Waals surface area (Å²) in [6.45, 7) is 1.33. The van der Waals surface area contributed by atoms with Crippen LogP contribution in [0.1, 0.15) is 6.92 Å². The van der Waals surface area contributed by atoms with E-state index in [9.17, 15) is 4.79 Å². The molecule has 1 aromatic heterocycles. The van der Waals surface area contributed by atoms with Crippen LogP contribution >= 0.6 is 0 Å². The Morgan fingerprint density at radius 2 is 2.10 bits per heavy atom. The zero-order valence-electron chi connectivity index (χ0n) is 10.8. The average Bonchev–Trinajstić information content (AvgIpc) is 2.88. The molecule has 0 fully saturated rings. The van der Waals surface area contributed by atoms with E-state index in [2.05, 4.69) is 15.4 Å². The number of carbonyl (C=O) groups excluding carboxylic acids is 1. The molecular weight excluding hydrogens is 256 g/mol. The number of nitrogens with zero attached hydrogens (tertiary/aromatic N) is 5. The highest BCUT2D eigenvalue weighted by Crippen LogP contribution is 2.12. The maximum atomic E-state index is 11.8. The lowest BCUT2D eigenvalue weighted by Crippen LogP contribution is -2.17. The maximum Gasteiger partial charge on any atom is 0.204 e. The summed E-state index contributed by atoms with van der Waals surface area (Å²) in [7, 11) is 0. The molecule has 7 heteroatoms. The minimum absolute atomic E-state index is 0.0800. The Bertz CT molecular complexity index is 691. The molecule has 2 aromatic rings. The fourth-order valence-corrected chi connectivity index (χ4v) is 1.59. The second-order valence-corrected chi connectivity index (χ2v) is 4.10. The van der Waals surface area contributed by atoms with Crippen molar-refractivity contribution in [1.82, 2.24) is 20.2 Å². The van der Waals surface area contributed by atoms with Crippen LogP contribution in [0, 0.1) is 11.3 Å². The van der Waals surface area contributed by atoms with Gasteiger partial charge >= 0.3 is 0 Å². The van der Waals surface area contributed by atoms with E-state index in [1.165, 1.54) is 6.92 Å². The van der Waals surface area contributed by atoms with Gasteiger partial charge in [-0.2, -0.15) is 10.1 Å². The summed E-state index contributed by atoms with van der Waals surface area (Å²) in [6, 6.07) is 11.1. The van der Waals surface area contributed by atoms with Crippen LogP contribution in [-0.2, 0) is 11.3 Å². The van der Waals surface area contributed by atoms with Gasteiger partial charge in [-0.3, -0.25) is 4.79 Å². The Labute approximate surface area is 115 Å².